The van der Waals surface area contributed by atoms with Crippen molar-refractivity contribution in [1.29, 1.82) is 5.26 Å². The Morgan fingerprint density at radius 1 is 1.06 bits per heavy atom. The average Bonchev–Trinajstić information content (AvgIpc) is 3.15. The monoisotopic (exact) mass is 444 g/mol. The van der Waals surface area contributed by atoms with Gasteiger partial charge in [0.2, 0.25) is 0 Å². The third-order valence-corrected chi connectivity index (χ3v) is 7.13. The van der Waals surface area contributed by atoms with Crippen LogP contribution in [0.4, 0.5) is 5.82 Å². The number of amides is 1. The molecule has 0 aliphatic rings. The van der Waals surface area contributed by atoms with Gasteiger partial charge in [-0.1, -0.05) is 60.7 Å². The van der Waals surface area contributed by atoms with Gasteiger partial charge in [-0.25, -0.2) is 4.98 Å². The molecule has 6 nitrogen and oxygen atoms in total. The zero-order valence-corrected chi connectivity index (χ0v) is 17.8. The molecule has 0 spiro atoms. The van der Waals surface area contributed by atoms with Crippen LogP contribution in [0.15, 0.2) is 64.9 Å². The molecular formula is C23H16N4O2S2. The van der Waals surface area contributed by atoms with Crippen LogP contribution in [0.3, 0.4) is 0 Å². The standard InChI is InChI=1S/C23H16N4O2S2/c24-11-15-17(14-9-5-2-6-10-14)20-19(27-21(15)25)18(22(26)29)23(31-20)30-12-16(28)13-7-3-1-4-8-13/h1-10H,12H2,(H2,25,27)(H2,26,29). The molecular weight excluding hydrogens is 428 g/mol. The number of primary amides is 1. The number of fused-ring (bicyclic) bond motifs is 1. The number of nitrogens with two attached hydrogens (primary N) is 2. The molecule has 4 rings (SSSR count). The zero-order valence-electron chi connectivity index (χ0n) is 16.2. The number of nitrogen functional groups attached to an aromatic ring is 1. The molecule has 31 heavy (non-hydrogen) atoms. The number of anilines is 1. The summed E-state index contributed by atoms with van der Waals surface area (Å²) in [6.07, 6.45) is 0. The first-order valence-corrected chi connectivity index (χ1v) is 11.0. The molecule has 152 valence electrons. The fraction of sp³-hybridized carbons (Fsp3) is 0.0435. The maximum atomic E-state index is 12.5. The van der Waals surface area contributed by atoms with Gasteiger partial charge in [0.1, 0.15) is 17.5 Å². The molecule has 2 heterocycles. The lowest BCUT2D eigenvalue weighted by Crippen LogP contribution is -2.12. The molecule has 4 aromatic rings. The molecule has 0 bridgehead atoms. The van der Waals surface area contributed by atoms with Crippen molar-refractivity contribution in [2.75, 3.05) is 11.5 Å². The van der Waals surface area contributed by atoms with E-state index in [9.17, 15) is 14.9 Å². The number of rotatable bonds is 6. The number of aromatic nitrogens is 1. The highest BCUT2D eigenvalue weighted by atomic mass is 32.2. The highest BCUT2D eigenvalue weighted by molar-refractivity contribution is 8.02. The summed E-state index contributed by atoms with van der Waals surface area (Å²) in [7, 11) is 0. The third-order valence-electron chi connectivity index (χ3n) is 4.67. The SMILES string of the molecule is N#Cc1c(N)nc2c(C(N)=O)c(SCC(=O)c3ccccc3)sc2c1-c1ccccc1. The number of benzene rings is 2. The second-order valence-corrected chi connectivity index (χ2v) is 8.87. The van der Waals surface area contributed by atoms with Crippen molar-refractivity contribution < 1.29 is 9.59 Å². The number of pyridine rings is 1. The lowest BCUT2D eigenvalue weighted by molar-refractivity contribution is 0.0995. The van der Waals surface area contributed by atoms with E-state index in [1.807, 2.05) is 36.4 Å². The molecule has 2 aromatic carbocycles. The number of carbonyl (C=O) groups is 2. The smallest absolute Gasteiger partial charge is 0.252 e. The van der Waals surface area contributed by atoms with Crippen LogP contribution in [0.2, 0.25) is 0 Å². The van der Waals surface area contributed by atoms with Gasteiger partial charge in [-0.3, -0.25) is 9.59 Å². The van der Waals surface area contributed by atoms with Gasteiger partial charge in [-0.05, 0) is 5.56 Å². The van der Waals surface area contributed by atoms with Gasteiger partial charge in [-0.2, -0.15) is 5.26 Å². The number of ketones is 1. The summed E-state index contributed by atoms with van der Waals surface area (Å²) in [6, 6.07) is 20.4. The predicted octanol–water partition coefficient (Wildman–Crippen LogP) is 4.49. The van der Waals surface area contributed by atoms with E-state index in [0.29, 0.717) is 25.6 Å². The number of thioether (sulfide) groups is 1. The molecule has 8 heteroatoms. The predicted molar refractivity (Wildman–Crippen MR) is 124 cm³/mol. The van der Waals surface area contributed by atoms with Gasteiger partial charge in [0, 0.05) is 11.1 Å². The first-order chi connectivity index (χ1) is 15.0. The summed E-state index contributed by atoms with van der Waals surface area (Å²) in [5, 5.41) is 9.70. The van der Waals surface area contributed by atoms with E-state index in [-0.39, 0.29) is 28.5 Å². The fourth-order valence-corrected chi connectivity index (χ4v) is 5.73. The Morgan fingerprint density at radius 3 is 2.32 bits per heavy atom. The molecule has 0 unspecified atom stereocenters. The number of nitriles is 1. The molecule has 1 amide bonds. The first-order valence-electron chi connectivity index (χ1n) is 9.23. The van der Waals surface area contributed by atoms with E-state index in [1.54, 1.807) is 24.3 Å². The Bertz CT molecular complexity index is 1340. The van der Waals surface area contributed by atoms with Crippen LogP contribution >= 0.6 is 23.1 Å². The summed E-state index contributed by atoms with van der Waals surface area (Å²) < 4.78 is 1.21. The van der Waals surface area contributed by atoms with E-state index >= 15 is 0 Å². The van der Waals surface area contributed by atoms with Gasteiger partial charge >= 0.3 is 0 Å². The summed E-state index contributed by atoms with van der Waals surface area (Å²) in [4.78, 5) is 29.2. The molecule has 0 saturated carbocycles. The van der Waals surface area contributed by atoms with E-state index in [1.165, 1.54) is 23.1 Å². The van der Waals surface area contributed by atoms with Crippen molar-refractivity contribution in [1.82, 2.24) is 4.98 Å². The molecule has 0 fully saturated rings. The van der Waals surface area contributed by atoms with Crippen LogP contribution in [0.1, 0.15) is 26.3 Å². The van der Waals surface area contributed by atoms with Crippen molar-refractivity contribution in [3.8, 4) is 17.2 Å². The minimum absolute atomic E-state index is 0.0334. The van der Waals surface area contributed by atoms with Crippen molar-refractivity contribution in [2.45, 2.75) is 4.21 Å². The van der Waals surface area contributed by atoms with Crippen LogP contribution in [-0.4, -0.2) is 22.4 Å². The zero-order chi connectivity index (χ0) is 22.0. The van der Waals surface area contributed by atoms with Crippen LogP contribution in [0, 0.1) is 11.3 Å². The molecule has 0 radical (unpaired) electrons. The highest BCUT2D eigenvalue weighted by Gasteiger charge is 2.25. The number of hydrogen-bond donors (Lipinski definition) is 2. The number of thiophene rings is 1. The van der Waals surface area contributed by atoms with E-state index < -0.39 is 5.91 Å². The number of Topliss-reactive ketones (excluding diaryl/α,β-unsaturated/α-hetero) is 1. The summed E-state index contributed by atoms with van der Waals surface area (Å²) in [5.41, 5.74) is 14.5. The normalized spacial score (nSPS) is 10.7. The molecule has 4 N–H and O–H groups in total. The van der Waals surface area contributed by atoms with Crippen molar-refractivity contribution >= 4 is 50.8 Å². The van der Waals surface area contributed by atoms with Crippen LogP contribution in [0.25, 0.3) is 21.3 Å². The Hall–Kier alpha value is -3.67. The largest absolute Gasteiger partial charge is 0.383 e. The fourth-order valence-electron chi connectivity index (χ4n) is 3.25. The highest BCUT2D eigenvalue weighted by Crippen LogP contribution is 2.44. The summed E-state index contributed by atoms with van der Waals surface area (Å²) in [6.45, 7) is 0. The summed E-state index contributed by atoms with van der Waals surface area (Å²) >= 11 is 2.52. The van der Waals surface area contributed by atoms with E-state index in [0.717, 1.165) is 5.56 Å². The van der Waals surface area contributed by atoms with Crippen molar-refractivity contribution in [2.24, 2.45) is 5.73 Å². The Morgan fingerprint density at radius 2 is 1.71 bits per heavy atom. The molecule has 0 saturated heterocycles. The lowest BCUT2D eigenvalue weighted by atomic mass is 10.00. The van der Waals surface area contributed by atoms with Crippen molar-refractivity contribution in [3.05, 3.63) is 77.4 Å². The number of carbonyl (C=O) groups excluding carboxylic acids is 2. The molecule has 0 aliphatic heterocycles. The average molecular weight is 445 g/mol. The maximum Gasteiger partial charge on any atom is 0.252 e. The van der Waals surface area contributed by atoms with E-state index in [2.05, 4.69) is 11.1 Å². The van der Waals surface area contributed by atoms with Gasteiger partial charge in [0.05, 0.1) is 25.7 Å². The number of nitrogens with zero attached hydrogens (tertiary/aromatic N) is 2. The van der Waals surface area contributed by atoms with E-state index in [4.69, 9.17) is 11.5 Å². The second kappa shape index (κ2) is 8.60. The van der Waals surface area contributed by atoms with Gasteiger partial charge in [0.15, 0.2) is 5.78 Å². The van der Waals surface area contributed by atoms with Crippen LogP contribution in [-0.2, 0) is 0 Å². The Balaban J connectivity index is 1.85. The number of hydrogen-bond acceptors (Lipinski definition) is 7. The third kappa shape index (κ3) is 3.89. The molecule has 2 aromatic heterocycles. The summed E-state index contributed by atoms with van der Waals surface area (Å²) in [5.74, 6) is -0.548. The van der Waals surface area contributed by atoms with Crippen molar-refractivity contribution in [3.63, 3.8) is 0 Å². The van der Waals surface area contributed by atoms with Gasteiger partial charge < -0.3 is 11.5 Å². The topological polar surface area (TPSA) is 123 Å². The minimum atomic E-state index is -0.656. The van der Waals surface area contributed by atoms with Gasteiger partial charge in [0.25, 0.3) is 5.91 Å². The Labute approximate surface area is 186 Å². The van der Waals surface area contributed by atoms with Crippen LogP contribution in [0.5, 0.6) is 0 Å². The molecule has 0 aliphatic carbocycles. The Kier molecular flexibility index (Phi) is 5.71. The quantitative estimate of drug-likeness (QED) is 0.334. The van der Waals surface area contributed by atoms with Gasteiger partial charge in [-0.15, -0.1) is 23.1 Å². The first kappa shape index (κ1) is 20.6. The molecule has 0 atom stereocenters. The van der Waals surface area contributed by atoms with Crippen LogP contribution < -0.4 is 11.5 Å². The maximum absolute atomic E-state index is 12.5. The second-order valence-electron chi connectivity index (χ2n) is 6.61. The lowest BCUT2D eigenvalue weighted by Gasteiger charge is -2.08. The minimum Gasteiger partial charge on any atom is -0.383 e.